The molecule has 110 valence electrons. The molecule has 1 amide bonds. The van der Waals surface area contributed by atoms with E-state index in [0.717, 1.165) is 17.3 Å². The predicted octanol–water partition coefficient (Wildman–Crippen LogP) is 2.61. The molecule has 6 heteroatoms. The Kier molecular flexibility index (Phi) is 4.86. The van der Waals surface area contributed by atoms with Gasteiger partial charge >= 0.3 is 5.97 Å². The summed E-state index contributed by atoms with van der Waals surface area (Å²) in [7, 11) is 3.13. The topological polar surface area (TPSA) is 51.5 Å². The minimum Gasteiger partial charge on any atom is -0.469 e. The Morgan fingerprint density at radius 2 is 2.20 bits per heavy atom. The van der Waals surface area contributed by atoms with Crippen LogP contribution in [0, 0.1) is 0 Å². The average molecular weight is 343 g/mol. The maximum atomic E-state index is 12.4. The van der Waals surface area contributed by atoms with Crippen LogP contribution in [0.2, 0.25) is 0 Å². The normalized spacial score (nSPS) is 14.2. The molecular weight excluding hydrogens is 324 g/mol. The van der Waals surface area contributed by atoms with Crippen LogP contribution in [0.15, 0.2) is 16.7 Å². The number of aromatic nitrogens is 1. The summed E-state index contributed by atoms with van der Waals surface area (Å²) in [5.74, 6) is -0.248. The number of carbonyl (C=O) groups is 2. The van der Waals surface area contributed by atoms with Crippen LogP contribution in [0.4, 0.5) is 0 Å². The van der Waals surface area contributed by atoms with Gasteiger partial charge in [0.15, 0.2) is 0 Å². The smallest absolute Gasteiger partial charge is 0.305 e. The molecule has 1 aromatic rings. The predicted molar refractivity (Wildman–Crippen MR) is 78.6 cm³/mol. The second kappa shape index (κ2) is 6.43. The largest absolute Gasteiger partial charge is 0.469 e. The third-order valence-electron chi connectivity index (χ3n) is 3.42. The first-order chi connectivity index (χ1) is 9.52. The minimum atomic E-state index is -0.241. The molecule has 0 saturated heterocycles. The molecule has 1 aliphatic carbocycles. The van der Waals surface area contributed by atoms with E-state index in [1.807, 2.05) is 16.8 Å². The number of nitrogens with zero attached hydrogens (tertiary/aromatic N) is 2. The molecule has 5 nitrogen and oxygen atoms in total. The maximum absolute atomic E-state index is 12.4. The molecule has 0 spiro atoms. The molecule has 1 aliphatic rings. The van der Waals surface area contributed by atoms with Gasteiger partial charge in [-0.25, -0.2) is 0 Å². The molecule has 0 atom stereocenters. The third kappa shape index (κ3) is 3.62. The highest BCUT2D eigenvalue weighted by atomic mass is 79.9. The molecule has 2 rings (SSSR count). The molecule has 0 unspecified atom stereocenters. The number of methoxy groups -OCH3 is 1. The number of hydrogen-bond acceptors (Lipinski definition) is 3. The number of carbonyl (C=O) groups excluding carboxylic acids is 2. The molecular formula is C14H19BrN2O3. The van der Waals surface area contributed by atoms with Crippen LogP contribution in [0.3, 0.4) is 0 Å². The van der Waals surface area contributed by atoms with E-state index in [-0.39, 0.29) is 11.9 Å². The standard InChI is InChI=1S/C14H19BrN2O3/c1-16(7-3-4-13(18)20-2)14(19)12-8-10(15)9-17(12)11-5-6-11/h8-9,11H,3-7H2,1-2H3. The molecule has 1 aromatic heterocycles. The van der Waals surface area contributed by atoms with Crippen molar-refractivity contribution in [1.82, 2.24) is 9.47 Å². The highest BCUT2D eigenvalue weighted by Gasteiger charge is 2.28. The van der Waals surface area contributed by atoms with Gasteiger partial charge in [0.1, 0.15) is 5.69 Å². The van der Waals surface area contributed by atoms with Crippen molar-refractivity contribution in [2.45, 2.75) is 31.7 Å². The first-order valence-electron chi connectivity index (χ1n) is 6.72. The number of hydrogen-bond donors (Lipinski definition) is 0. The summed E-state index contributed by atoms with van der Waals surface area (Å²) in [6, 6.07) is 2.32. The van der Waals surface area contributed by atoms with Crippen LogP contribution in [0.1, 0.15) is 42.2 Å². The minimum absolute atomic E-state index is 0.00698. The molecule has 0 radical (unpaired) electrons. The lowest BCUT2D eigenvalue weighted by Crippen LogP contribution is -2.29. The Hall–Kier alpha value is -1.30. The second-order valence-electron chi connectivity index (χ2n) is 5.09. The van der Waals surface area contributed by atoms with Gasteiger partial charge in [-0.1, -0.05) is 0 Å². The highest BCUT2D eigenvalue weighted by Crippen LogP contribution is 2.37. The lowest BCUT2D eigenvalue weighted by molar-refractivity contribution is -0.140. The van der Waals surface area contributed by atoms with Crippen molar-refractivity contribution in [2.75, 3.05) is 20.7 Å². The van der Waals surface area contributed by atoms with Gasteiger partial charge in [-0.2, -0.15) is 0 Å². The van der Waals surface area contributed by atoms with Gasteiger partial charge in [-0.05, 0) is 41.3 Å². The van der Waals surface area contributed by atoms with Crippen LogP contribution < -0.4 is 0 Å². The van der Waals surface area contributed by atoms with Gasteiger partial charge < -0.3 is 14.2 Å². The van der Waals surface area contributed by atoms with Crippen LogP contribution >= 0.6 is 15.9 Å². The zero-order valence-electron chi connectivity index (χ0n) is 11.8. The van der Waals surface area contributed by atoms with E-state index < -0.39 is 0 Å². The summed E-state index contributed by atoms with van der Waals surface area (Å²) < 4.78 is 7.56. The van der Waals surface area contributed by atoms with E-state index in [9.17, 15) is 9.59 Å². The van der Waals surface area contributed by atoms with Crippen molar-refractivity contribution in [3.8, 4) is 0 Å². The molecule has 1 saturated carbocycles. The Morgan fingerprint density at radius 1 is 1.50 bits per heavy atom. The summed E-state index contributed by atoms with van der Waals surface area (Å²) in [6.07, 6.45) is 5.18. The molecule has 1 heterocycles. The fourth-order valence-electron chi connectivity index (χ4n) is 2.13. The Bertz CT molecular complexity index is 509. The van der Waals surface area contributed by atoms with Crippen molar-refractivity contribution in [3.05, 3.63) is 22.4 Å². The van der Waals surface area contributed by atoms with E-state index in [0.29, 0.717) is 31.1 Å². The van der Waals surface area contributed by atoms with Gasteiger partial charge in [0.25, 0.3) is 5.91 Å². The lowest BCUT2D eigenvalue weighted by atomic mass is 10.3. The van der Waals surface area contributed by atoms with Gasteiger partial charge in [0.05, 0.1) is 7.11 Å². The fourth-order valence-corrected chi connectivity index (χ4v) is 2.57. The molecule has 0 aliphatic heterocycles. The molecule has 0 bridgehead atoms. The average Bonchev–Trinajstić information content (AvgIpc) is 3.20. The van der Waals surface area contributed by atoms with Crippen molar-refractivity contribution in [1.29, 1.82) is 0 Å². The SMILES string of the molecule is COC(=O)CCCN(C)C(=O)c1cc(Br)cn1C1CC1. The molecule has 0 aromatic carbocycles. The fraction of sp³-hybridized carbons (Fsp3) is 0.571. The zero-order chi connectivity index (χ0) is 14.7. The van der Waals surface area contributed by atoms with Crippen LogP contribution in [0.25, 0.3) is 0 Å². The molecule has 20 heavy (non-hydrogen) atoms. The van der Waals surface area contributed by atoms with Crippen molar-refractivity contribution in [3.63, 3.8) is 0 Å². The van der Waals surface area contributed by atoms with Gasteiger partial charge in [0, 0.05) is 36.7 Å². The lowest BCUT2D eigenvalue weighted by Gasteiger charge is -2.18. The van der Waals surface area contributed by atoms with Crippen molar-refractivity contribution >= 4 is 27.8 Å². The first-order valence-corrected chi connectivity index (χ1v) is 7.52. The van der Waals surface area contributed by atoms with Gasteiger partial charge in [0.2, 0.25) is 0 Å². The van der Waals surface area contributed by atoms with E-state index in [4.69, 9.17) is 0 Å². The van der Waals surface area contributed by atoms with Crippen LogP contribution in [-0.4, -0.2) is 42.0 Å². The molecule has 0 N–H and O–H groups in total. The van der Waals surface area contributed by atoms with Crippen molar-refractivity contribution in [2.24, 2.45) is 0 Å². The van der Waals surface area contributed by atoms with Crippen LogP contribution in [-0.2, 0) is 9.53 Å². The van der Waals surface area contributed by atoms with E-state index in [1.54, 1.807) is 11.9 Å². The maximum Gasteiger partial charge on any atom is 0.305 e. The van der Waals surface area contributed by atoms with E-state index in [2.05, 4.69) is 20.7 Å². The number of amides is 1. The van der Waals surface area contributed by atoms with Gasteiger partial charge in [-0.3, -0.25) is 9.59 Å². The summed E-state index contributed by atoms with van der Waals surface area (Å²) >= 11 is 3.42. The Balaban J connectivity index is 1.94. The zero-order valence-corrected chi connectivity index (χ0v) is 13.4. The van der Waals surface area contributed by atoms with Gasteiger partial charge in [-0.15, -0.1) is 0 Å². The quantitative estimate of drug-likeness (QED) is 0.746. The van der Waals surface area contributed by atoms with Crippen molar-refractivity contribution < 1.29 is 14.3 Å². The highest BCUT2D eigenvalue weighted by molar-refractivity contribution is 9.10. The monoisotopic (exact) mass is 342 g/mol. The number of ether oxygens (including phenoxy) is 1. The summed E-state index contributed by atoms with van der Waals surface area (Å²) in [6.45, 7) is 0.543. The number of esters is 1. The van der Waals surface area contributed by atoms with E-state index >= 15 is 0 Å². The summed E-state index contributed by atoms with van der Waals surface area (Å²) in [4.78, 5) is 25.1. The van der Waals surface area contributed by atoms with E-state index in [1.165, 1.54) is 7.11 Å². The number of rotatable bonds is 6. The Morgan fingerprint density at radius 3 is 2.80 bits per heavy atom. The number of halogens is 1. The molecule has 1 fully saturated rings. The summed E-state index contributed by atoms with van der Waals surface area (Å²) in [5.41, 5.74) is 0.708. The van der Waals surface area contributed by atoms with Crippen LogP contribution in [0.5, 0.6) is 0 Å². The third-order valence-corrected chi connectivity index (χ3v) is 3.86. The second-order valence-corrected chi connectivity index (χ2v) is 6.00. The first kappa shape index (κ1) is 15.1. The Labute approximate surface area is 127 Å². The summed E-state index contributed by atoms with van der Waals surface area (Å²) in [5, 5.41) is 0.